The highest BCUT2D eigenvalue weighted by Crippen LogP contribution is 2.33. The van der Waals surface area contributed by atoms with Crippen LogP contribution in [-0.4, -0.2) is 27.5 Å². The smallest absolute Gasteiger partial charge is 0.163 e. The predicted molar refractivity (Wildman–Crippen MR) is 42.2 cm³/mol. The van der Waals surface area contributed by atoms with Crippen molar-refractivity contribution < 1.29 is 9.90 Å². The molecule has 0 aromatic carbocycles. The van der Waals surface area contributed by atoms with Crippen molar-refractivity contribution in [3.8, 4) is 0 Å². The fourth-order valence-corrected chi connectivity index (χ4v) is 2.03. The number of carbonyl (C=O) groups excluding carboxylic acids is 1. The minimum atomic E-state index is -0.710. The van der Waals surface area contributed by atoms with Crippen LogP contribution < -0.4 is 0 Å². The number of hydrogen-bond donors (Lipinski definition) is 1. The molecule has 2 nitrogen and oxygen atoms in total. The van der Waals surface area contributed by atoms with Crippen LogP contribution in [0.25, 0.3) is 0 Å². The minimum absolute atomic E-state index is 0.0104. The molecular formula is C7H12O2S. The second kappa shape index (κ2) is 2.55. The van der Waals surface area contributed by atoms with Crippen LogP contribution in [0.4, 0.5) is 0 Å². The molecule has 1 fully saturated rings. The molecular weight excluding hydrogens is 148 g/mol. The highest BCUT2D eigenvalue weighted by molar-refractivity contribution is 8.00. The summed E-state index contributed by atoms with van der Waals surface area (Å²) in [5.41, 5.74) is 0. The van der Waals surface area contributed by atoms with Crippen molar-refractivity contribution in [3.63, 3.8) is 0 Å². The zero-order chi connectivity index (χ0) is 7.78. The third kappa shape index (κ3) is 1.73. The van der Waals surface area contributed by atoms with Crippen LogP contribution in [0.3, 0.4) is 0 Å². The van der Waals surface area contributed by atoms with Gasteiger partial charge < -0.3 is 5.11 Å². The molecule has 1 aliphatic heterocycles. The van der Waals surface area contributed by atoms with Crippen molar-refractivity contribution in [1.29, 1.82) is 0 Å². The van der Waals surface area contributed by atoms with E-state index in [-0.39, 0.29) is 10.5 Å². The van der Waals surface area contributed by atoms with Crippen LogP contribution in [0, 0.1) is 0 Å². The summed E-state index contributed by atoms with van der Waals surface area (Å²) in [5, 5.41) is 9.04. The maximum absolute atomic E-state index is 10.9. The van der Waals surface area contributed by atoms with Gasteiger partial charge in [-0.05, 0) is 0 Å². The van der Waals surface area contributed by atoms with Gasteiger partial charge in [0.15, 0.2) is 5.78 Å². The van der Waals surface area contributed by atoms with Gasteiger partial charge in [-0.15, -0.1) is 0 Å². The molecule has 1 aliphatic rings. The van der Waals surface area contributed by atoms with E-state index < -0.39 is 6.10 Å². The number of carbonyl (C=O) groups is 1. The lowest BCUT2D eigenvalue weighted by Crippen LogP contribution is -2.36. The maximum atomic E-state index is 10.9. The number of Topliss-reactive ketones (excluding diaryl/α,β-unsaturated/α-hetero) is 1. The molecule has 3 heteroatoms. The summed E-state index contributed by atoms with van der Waals surface area (Å²) in [5.74, 6) is 0.551. The van der Waals surface area contributed by atoms with Gasteiger partial charge in [-0.2, -0.15) is 11.8 Å². The molecule has 0 radical (unpaired) electrons. The van der Waals surface area contributed by atoms with E-state index in [0.717, 1.165) is 0 Å². The summed E-state index contributed by atoms with van der Waals surface area (Å²) in [6, 6.07) is 0. The molecule has 0 aromatic rings. The minimum Gasteiger partial charge on any atom is -0.384 e. The van der Waals surface area contributed by atoms with Crippen molar-refractivity contribution in [3.05, 3.63) is 0 Å². The average molecular weight is 160 g/mol. The first kappa shape index (κ1) is 8.08. The van der Waals surface area contributed by atoms with Crippen LogP contribution in [0.2, 0.25) is 0 Å². The van der Waals surface area contributed by atoms with Crippen LogP contribution in [0.15, 0.2) is 0 Å². The van der Waals surface area contributed by atoms with Crippen molar-refractivity contribution in [2.45, 2.75) is 31.1 Å². The lowest BCUT2D eigenvalue weighted by atomic mass is 10.0. The zero-order valence-corrected chi connectivity index (χ0v) is 7.07. The van der Waals surface area contributed by atoms with E-state index in [1.54, 1.807) is 11.8 Å². The summed E-state index contributed by atoms with van der Waals surface area (Å²) in [6.07, 6.45) is -0.211. The fourth-order valence-electron chi connectivity index (χ4n) is 0.986. The summed E-state index contributed by atoms with van der Waals surface area (Å²) in [7, 11) is 0. The van der Waals surface area contributed by atoms with Gasteiger partial charge in [-0.1, -0.05) is 13.8 Å². The van der Waals surface area contributed by atoms with E-state index in [2.05, 4.69) is 0 Å². The topological polar surface area (TPSA) is 37.3 Å². The standard InChI is InChI=1S/C7H12O2S/c1-7(2)3-5(8)6(9)4-10-7/h6,9H,3-4H2,1-2H3. The molecule has 1 heterocycles. The first-order chi connectivity index (χ1) is 4.51. The lowest BCUT2D eigenvalue weighted by Gasteiger charge is -2.30. The van der Waals surface area contributed by atoms with Gasteiger partial charge in [0.2, 0.25) is 0 Å². The molecule has 1 N–H and O–H groups in total. The second-order valence-electron chi connectivity index (χ2n) is 3.23. The third-order valence-electron chi connectivity index (χ3n) is 1.60. The van der Waals surface area contributed by atoms with Gasteiger partial charge in [0, 0.05) is 16.9 Å². The van der Waals surface area contributed by atoms with Gasteiger partial charge >= 0.3 is 0 Å². The number of ketones is 1. The summed E-state index contributed by atoms with van der Waals surface area (Å²) < 4.78 is 0.0380. The average Bonchev–Trinajstić information content (AvgIpc) is 1.79. The van der Waals surface area contributed by atoms with Crippen LogP contribution in [0.5, 0.6) is 0 Å². The highest BCUT2D eigenvalue weighted by Gasteiger charge is 2.32. The van der Waals surface area contributed by atoms with Crippen LogP contribution in [-0.2, 0) is 4.79 Å². The van der Waals surface area contributed by atoms with E-state index in [1.165, 1.54) is 0 Å². The van der Waals surface area contributed by atoms with E-state index in [9.17, 15) is 4.79 Å². The first-order valence-corrected chi connectivity index (χ1v) is 4.34. The normalized spacial score (nSPS) is 32.3. The van der Waals surface area contributed by atoms with Crippen molar-refractivity contribution >= 4 is 17.5 Å². The maximum Gasteiger partial charge on any atom is 0.163 e. The van der Waals surface area contributed by atoms with Gasteiger partial charge in [0.1, 0.15) is 6.10 Å². The Hall–Kier alpha value is -0.0200. The molecule has 1 atom stereocenters. The second-order valence-corrected chi connectivity index (χ2v) is 4.96. The summed E-state index contributed by atoms with van der Waals surface area (Å²) in [4.78, 5) is 10.9. The molecule has 0 aromatic heterocycles. The Balaban J connectivity index is 2.57. The highest BCUT2D eigenvalue weighted by atomic mass is 32.2. The Labute approximate surface area is 65.0 Å². The molecule has 1 rings (SSSR count). The summed E-state index contributed by atoms with van der Waals surface area (Å²) >= 11 is 1.66. The zero-order valence-electron chi connectivity index (χ0n) is 6.26. The van der Waals surface area contributed by atoms with Crippen molar-refractivity contribution in [1.82, 2.24) is 0 Å². The molecule has 0 saturated carbocycles. The van der Waals surface area contributed by atoms with Crippen LogP contribution in [0.1, 0.15) is 20.3 Å². The molecule has 0 aliphatic carbocycles. The van der Waals surface area contributed by atoms with E-state index in [0.29, 0.717) is 12.2 Å². The van der Waals surface area contributed by atoms with Gasteiger partial charge in [-0.25, -0.2) is 0 Å². The largest absolute Gasteiger partial charge is 0.384 e. The Bertz CT molecular complexity index is 154. The first-order valence-electron chi connectivity index (χ1n) is 3.36. The number of aliphatic hydroxyl groups is 1. The molecule has 0 spiro atoms. The van der Waals surface area contributed by atoms with Gasteiger partial charge in [-0.3, -0.25) is 4.79 Å². The molecule has 0 amide bonds. The number of thioether (sulfide) groups is 1. The van der Waals surface area contributed by atoms with Crippen molar-refractivity contribution in [2.24, 2.45) is 0 Å². The lowest BCUT2D eigenvalue weighted by molar-refractivity contribution is -0.126. The Morgan fingerprint density at radius 3 is 2.70 bits per heavy atom. The molecule has 1 unspecified atom stereocenters. The number of hydrogen-bond acceptors (Lipinski definition) is 3. The molecule has 10 heavy (non-hydrogen) atoms. The Morgan fingerprint density at radius 2 is 2.30 bits per heavy atom. The predicted octanol–water partition coefficient (Wildman–Crippen LogP) is 0.832. The van der Waals surface area contributed by atoms with Crippen LogP contribution >= 0.6 is 11.8 Å². The Kier molecular flexibility index (Phi) is 2.06. The molecule has 58 valence electrons. The quantitative estimate of drug-likeness (QED) is 0.570. The van der Waals surface area contributed by atoms with E-state index in [4.69, 9.17) is 5.11 Å². The van der Waals surface area contributed by atoms with Gasteiger partial charge in [0.05, 0.1) is 0 Å². The number of rotatable bonds is 0. The molecule has 1 saturated heterocycles. The van der Waals surface area contributed by atoms with E-state index in [1.807, 2.05) is 13.8 Å². The Morgan fingerprint density at radius 1 is 1.70 bits per heavy atom. The number of aliphatic hydroxyl groups excluding tert-OH is 1. The van der Waals surface area contributed by atoms with E-state index >= 15 is 0 Å². The van der Waals surface area contributed by atoms with Gasteiger partial charge in [0.25, 0.3) is 0 Å². The summed E-state index contributed by atoms with van der Waals surface area (Å²) in [6.45, 7) is 4.06. The van der Waals surface area contributed by atoms with Crippen molar-refractivity contribution in [2.75, 3.05) is 5.75 Å². The molecule has 0 bridgehead atoms. The third-order valence-corrected chi connectivity index (χ3v) is 3.01. The fraction of sp³-hybridized carbons (Fsp3) is 0.857. The SMILES string of the molecule is CC1(C)CC(=O)C(O)CS1. The monoisotopic (exact) mass is 160 g/mol.